The largest absolute Gasteiger partial charge is 0.322 e. The van der Waals surface area contributed by atoms with Gasteiger partial charge in [-0.2, -0.15) is 0 Å². The van der Waals surface area contributed by atoms with Crippen molar-refractivity contribution in [2.45, 2.75) is 110 Å². The van der Waals surface area contributed by atoms with Crippen LogP contribution in [0.2, 0.25) is 0 Å². The lowest BCUT2D eigenvalue weighted by molar-refractivity contribution is 0.106. The molecule has 2 saturated carbocycles. The topological polar surface area (TPSA) is 79.7 Å². The number of hydrogen-bond donors (Lipinski definition) is 1. The molecule has 34 heavy (non-hydrogen) atoms. The summed E-state index contributed by atoms with van der Waals surface area (Å²) in [5.74, 6) is 0.990. The van der Waals surface area contributed by atoms with Crippen molar-refractivity contribution < 1.29 is 0 Å². The highest BCUT2D eigenvalue weighted by Gasteiger charge is 2.34. The normalized spacial score (nSPS) is 18.5. The Morgan fingerprint density at radius 1 is 1.06 bits per heavy atom. The molecule has 0 radical (unpaired) electrons. The average molecular weight is 463 g/mol. The molecule has 5 rings (SSSR count). The number of rotatable bonds is 8. The minimum atomic E-state index is 0.0179. The van der Waals surface area contributed by atoms with Crippen LogP contribution in [0.5, 0.6) is 0 Å². The maximum atomic E-state index is 13.2. The van der Waals surface area contributed by atoms with E-state index in [1.165, 1.54) is 49.7 Å². The van der Waals surface area contributed by atoms with Gasteiger partial charge in [0.2, 0.25) is 0 Å². The fourth-order valence-corrected chi connectivity index (χ4v) is 6.11. The minimum absolute atomic E-state index is 0.0179. The Morgan fingerprint density at radius 3 is 2.50 bits per heavy atom. The molecule has 2 aromatic heterocycles. The van der Waals surface area contributed by atoms with E-state index in [4.69, 9.17) is 0 Å². The van der Waals surface area contributed by atoms with E-state index in [9.17, 15) is 4.79 Å². The van der Waals surface area contributed by atoms with Gasteiger partial charge in [0.15, 0.2) is 5.82 Å². The summed E-state index contributed by atoms with van der Waals surface area (Å²) in [6.45, 7) is 7.08. The molecular weight excluding hydrogens is 424 g/mol. The van der Waals surface area contributed by atoms with Gasteiger partial charge in [-0.05, 0) is 91.1 Å². The van der Waals surface area contributed by atoms with Crippen LogP contribution >= 0.6 is 0 Å². The lowest BCUT2D eigenvalue weighted by atomic mass is 10.0. The molecule has 7 heteroatoms. The van der Waals surface area contributed by atoms with Crippen LogP contribution in [0.4, 0.5) is 0 Å². The van der Waals surface area contributed by atoms with Crippen molar-refractivity contribution >= 4 is 10.9 Å². The van der Waals surface area contributed by atoms with Crippen LogP contribution in [-0.2, 0) is 6.54 Å². The summed E-state index contributed by atoms with van der Waals surface area (Å²) in [5, 5.41) is 14.3. The van der Waals surface area contributed by atoms with E-state index in [-0.39, 0.29) is 11.6 Å². The molecule has 2 heterocycles. The number of fused-ring (bicyclic) bond motifs is 1. The van der Waals surface area contributed by atoms with Crippen molar-refractivity contribution in [2.24, 2.45) is 0 Å². The number of aromatic nitrogens is 5. The summed E-state index contributed by atoms with van der Waals surface area (Å²) in [6, 6.07) is 7.36. The monoisotopic (exact) mass is 462 g/mol. The van der Waals surface area contributed by atoms with Crippen molar-refractivity contribution in [3.8, 4) is 0 Å². The Labute approximate surface area is 201 Å². The summed E-state index contributed by atoms with van der Waals surface area (Å²) in [6.07, 6.45) is 11.7. The minimum Gasteiger partial charge on any atom is -0.322 e. The Bertz CT molecular complexity index is 1190. The van der Waals surface area contributed by atoms with Crippen LogP contribution < -0.4 is 5.56 Å². The lowest BCUT2D eigenvalue weighted by Gasteiger charge is -2.36. The zero-order chi connectivity index (χ0) is 23.7. The quantitative estimate of drug-likeness (QED) is 0.476. The van der Waals surface area contributed by atoms with Crippen LogP contribution in [0.15, 0.2) is 23.0 Å². The third-order valence-electron chi connectivity index (χ3n) is 8.13. The molecule has 3 aromatic rings. The van der Waals surface area contributed by atoms with Crippen molar-refractivity contribution in [1.29, 1.82) is 0 Å². The second-order valence-electron chi connectivity index (χ2n) is 10.5. The van der Waals surface area contributed by atoms with E-state index < -0.39 is 0 Å². The number of aryl methyl sites for hydroxylation is 2. The van der Waals surface area contributed by atoms with E-state index in [1.807, 2.05) is 0 Å². The zero-order valence-corrected chi connectivity index (χ0v) is 20.9. The third kappa shape index (κ3) is 4.54. The van der Waals surface area contributed by atoms with Gasteiger partial charge in [-0.1, -0.05) is 39.0 Å². The molecule has 182 valence electrons. The number of aromatic amines is 1. The van der Waals surface area contributed by atoms with Gasteiger partial charge in [0, 0.05) is 23.7 Å². The van der Waals surface area contributed by atoms with Crippen LogP contribution in [0.25, 0.3) is 10.9 Å². The summed E-state index contributed by atoms with van der Waals surface area (Å²) < 4.78 is 2.12. The first kappa shape index (κ1) is 23.2. The number of benzene rings is 1. The van der Waals surface area contributed by atoms with E-state index in [0.29, 0.717) is 18.6 Å². The average Bonchev–Trinajstić information content (AvgIpc) is 3.60. The van der Waals surface area contributed by atoms with Gasteiger partial charge in [0.1, 0.15) is 0 Å². The molecule has 7 nitrogen and oxygen atoms in total. The highest BCUT2D eigenvalue weighted by molar-refractivity contribution is 5.80. The SMILES string of the molecule is CCCC(c1nnnn1C1CCCC1)N(Cc1cc2cc(C)c(C)cc2[nH]c1=O)C1CCCC1. The zero-order valence-electron chi connectivity index (χ0n) is 20.9. The van der Waals surface area contributed by atoms with Gasteiger partial charge in [0.05, 0.1) is 12.1 Å². The molecule has 2 fully saturated rings. The molecule has 0 saturated heterocycles. The van der Waals surface area contributed by atoms with Gasteiger partial charge in [0.25, 0.3) is 5.56 Å². The molecule has 1 atom stereocenters. The summed E-state index contributed by atoms with van der Waals surface area (Å²) in [7, 11) is 0. The van der Waals surface area contributed by atoms with E-state index in [2.05, 4.69) is 69.1 Å². The fourth-order valence-electron chi connectivity index (χ4n) is 6.11. The van der Waals surface area contributed by atoms with Crippen molar-refractivity contribution in [1.82, 2.24) is 30.1 Å². The predicted octanol–water partition coefficient (Wildman–Crippen LogP) is 5.53. The molecule has 1 unspecified atom stereocenters. The first-order chi connectivity index (χ1) is 16.5. The van der Waals surface area contributed by atoms with Gasteiger partial charge in [-0.15, -0.1) is 5.10 Å². The van der Waals surface area contributed by atoms with Crippen LogP contribution in [0.1, 0.15) is 106 Å². The molecule has 1 aromatic carbocycles. The van der Waals surface area contributed by atoms with Crippen molar-refractivity contribution in [3.63, 3.8) is 0 Å². The van der Waals surface area contributed by atoms with Crippen molar-refractivity contribution in [2.75, 3.05) is 0 Å². The Morgan fingerprint density at radius 2 is 1.76 bits per heavy atom. The first-order valence-electron chi connectivity index (χ1n) is 13.2. The maximum absolute atomic E-state index is 13.2. The number of nitrogens with one attached hydrogen (secondary N) is 1. The number of nitrogens with zero attached hydrogens (tertiary/aromatic N) is 5. The van der Waals surface area contributed by atoms with E-state index in [1.54, 1.807) is 0 Å². The maximum Gasteiger partial charge on any atom is 0.252 e. The molecule has 2 aliphatic rings. The molecular formula is C27H38N6O. The molecule has 2 aliphatic carbocycles. The lowest BCUT2D eigenvalue weighted by Crippen LogP contribution is -2.39. The summed E-state index contributed by atoms with van der Waals surface area (Å²) in [5.41, 5.74) is 4.22. The number of H-pyrrole nitrogens is 1. The van der Waals surface area contributed by atoms with Crippen LogP contribution in [0.3, 0.4) is 0 Å². The smallest absolute Gasteiger partial charge is 0.252 e. The molecule has 0 aliphatic heterocycles. The van der Waals surface area contributed by atoms with Gasteiger partial charge in [-0.25, -0.2) is 4.68 Å². The number of hydrogen-bond acceptors (Lipinski definition) is 5. The highest BCUT2D eigenvalue weighted by Crippen LogP contribution is 2.37. The van der Waals surface area contributed by atoms with Crippen LogP contribution in [-0.4, -0.2) is 36.1 Å². The number of tetrazole rings is 1. The summed E-state index contributed by atoms with van der Waals surface area (Å²) in [4.78, 5) is 18.9. The second kappa shape index (κ2) is 9.98. The van der Waals surface area contributed by atoms with Gasteiger partial charge in [-0.3, -0.25) is 9.69 Å². The Hall–Kier alpha value is -2.54. The summed E-state index contributed by atoms with van der Waals surface area (Å²) >= 11 is 0. The van der Waals surface area contributed by atoms with Gasteiger partial charge < -0.3 is 4.98 Å². The molecule has 0 amide bonds. The number of pyridine rings is 1. The van der Waals surface area contributed by atoms with Gasteiger partial charge >= 0.3 is 0 Å². The van der Waals surface area contributed by atoms with Crippen molar-refractivity contribution in [3.05, 3.63) is 51.1 Å². The second-order valence-corrected chi connectivity index (χ2v) is 10.5. The Kier molecular flexibility index (Phi) is 6.82. The highest BCUT2D eigenvalue weighted by atomic mass is 16.1. The molecule has 0 spiro atoms. The van der Waals surface area contributed by atoms with E-state index >= 15 is 0 Å². The predicted molar refractivity (Wildman–Crippen MR) is 135 cm³/mol. The Balaban J connectivity index is 1.54. The third-order valence-corrected chi connectivity index (χ3v) is 8.13. The van der Waals surface area contributed by atoms with E-state index in [0.717, 1.165) is 48.0 Å². The fraction of sp³-hybridized carbons (Fsp3) is 0.630. The standard InChI is InChI=1S/C27H38N6O/c1-4-9-25(26-29-30-31-33(26)23-12-7-8-13-23)32(22-10-5-6-11-22)17-21-16-20-14-18(2)19(3)15-24(20)28-27(21)34/h14-16,22-23,25H,4-13,17H2,1-3H3,(H,28,34). The molecule has 1 N–H and O–H groups in total. The first-order valence-corrected chi connectivity index (χ1v) is 13.2. The van der Waals surface area contributed by atoms with Crippen LogP contribution in [0, 0.1) is 13.8 Å². The molecule has 0 bridgehead atoms.